The number of hydrogen-bond acceptors (Lipinski definition) is 4. The van der Waals surface area contributed by atoms with Crippen molar-refractivity contribution in [3.8, 4) is 0 Å². The third kappa shape index (κ3) is 9.36. The van der Waals surface area contributed by atoms with E-state index in [-0.39, 0.29) is 5.41 Å². The predicted octanol–water partition coefficient (Wildman–Crippen LogP) is 7.10. The van der Waals surface area contributed by atoms with Crippen molar-refractivity contribution in [3.05, 3.63) is 59.7 Å². The van der Waals surface area contributed by atoms with Gasteiger partial charge in [-0.05, 0) is 38.1 Å². The van der Waals surface area contributed by atoms with Crippen LogP contribution < -0.4 is 0 Å². The van der Waals surface area contributed by atoms with Crippen LogP contribution in [0.5, 0.6) is 0 Å². The molecule has 2 aromatic rings. The molecule has 2 rings (SSSR count). The Morgan fingerprint density at radius 1 is 0.680 bits per heavy atom. The summed E-state index contributed by atoms with van der Waals surface area (Å²) in [4.78, 5) is 2.25. The molecule has 0 saturated carbocycles. The molecule has 0 aliphatic heterocycles. The smallest absolute Gasteiger partial charge is 0.0692 e. The van der Waals surface area contributed by atoms with Crippen LogP contribution in [0.4, 0.5) is 0 Å². The summed E-state index contributed by atoms with van der Waals surface area (Å²) in [6.07, 6.45) is 0. The Morgan fingerprint density at radius 2 is 1.00 bits per heavy atom. The first-order valence-electron chi connectivity index (χ1n) is 8.67. The van der Waals surface area contributed by atoms with Gasteiger partial charge in [-0.15, -0.1) is 0 Å². The number of hydrogen-bond donors (Lipinski definition) is 0. The highest BCUT2D eigenvalue weighted by Gasteiger charge is 2.19. The Hall–Kier alpha value is -0.940. The summed E-state index contributed by atoms with van der Waals surface area (Å²) < 4.78 is 11.5. The van der Waals surface area contributed by atoms with Crippen LogP contribution in [0.25, 0.3) is 0 Å². The van der Waals surface area contributed by atoms with Crippen LogP contribution in [-0.2, 0) is 8.37 Å². The zero-order chi connectivity index (χ0) is 18.7. The van der Waals surface area contributed by atoms with E-state index >= 15 is 0 Å². The molecule has 138 valence electrons. The highest BCUT2D eigenvalue weighted by atomic mass is 32.2. The second-order valence-corrected chi connectivity index (χ2v) is 8.23. The third-order valence-electron chi connectivity index (χ3n) is 3.25. The molecule has 0 aromatic heterocycles. The molecule has 25 heavy (non-hydrogen) atoms. The topological polar surface area (TPSA) is 18.5 Å². The second kappa shape index (κ2) is 11.6. The summed E-state index contributed by atoms with van der Waals surface area (Å²) in [6, 6.07) is 16.7. The highest BCUT2D eigenvalue weighted by molar-refractivity contribution is 7.95. The van der Waals surface area contributed by atoms with Crippen LogP contribution in [0.3, 0.4) is 0 Å². The van der Waals surface area contributed by atoms with E-state index in [0.29, 0.717) is 13.2 Å². The number of aryl methyl sites for hydroxylation is 2. The summed E-state index contributed by atoms with van der Waals surface area (Å²) in [6.45, 7) is 13.7. The lowest BCUT2D eigenvalue weighted by Gasteiger charge is -2.23. The van der Waals surface area contributed by atoms with Gasteiger partial charge in [-0.1, -0.05) is 63.1 Å². The van der Waals surface area contributed by atoms with Crippen LogP contribution in [0.1, 0.15) is 38.8 Å². The quantitative estimate of drug-likeness (QED) is 0.456. The summed E-state index contributed by atoms with van der Waals surface area (Å²) >= 11 is 2.85. The summed E-state index contributed by atoms with van der Waals surface area (Å²) in [5.74, 6) is 0. The molecule has 0 bridgehead atoms. The van der Waals surface area contributed by atoms with Crippen molar-refractivity contribution in [2.75, 3.05) is 13.2 Å². The van der Waals surface area contributed by atoms with Crippen molar-refractivity contribution in [2.24, 2.45) is 5.41 Å². The van der Waals surface area contributed by atoms with Gasteiger partial charge in [0.2, 0.25) is 0 Å². The van der Waals surface area contributed by atoms with Gasteiger partial charge < -0.3 is 8.37 Å². The molecular weight excluding hydrogens is 348 g/mol. The van der Waals surface area contributed by atoms with E-state index in [1.54, 1.807) is 0 Å². The van der Waals surface area contributed by atoms with Gasteiger partial charge in [0.1, 0.15) is 0 Å². The van der Waals surface area contributed by atoms with Crippen molar-refractivity contribution >= 4 is 24.1 Å². The maximum atomic E-state index is 5.77. The van der Waals surface area contributed by atoms with Crippen LogP contribution in [0, 0.1) is 19.3 Å². The van der Waals surface area contributed by atoms with Gasteiger partial charge in [0.05, 0.1) is 13.2 Å². The molecule has 2 aromatic carbocycles. The average Bonchev–Trinajstić information content (AvgIpc) is 2.60. The Morgan fingerprint density at radius 3 is 1.32 bits per heavy atom. The second-order valence-electron chi connectivity index (χ2n) is 6.48. The van der Waals surface area contributed by atoms with E-state index in [0.717, 1.165) is 9.79 Å². The molecule has 0 heterocycles. The minimum atomic E-state index is -0.0323. The van der Waals surface area contributed by atoms with Gasteiger partial charge in [-0.25, -0.2) is 0 Å². The van der Waals surface area contributed by atoms with E-state index in [1.807, 2.05) is 13.8 Å². The molecule has 0 fully saturated rings. The SMILES string of the molecule is CC.Cc1ccc(SOCC(C)(C)COSc2ccc(C)cc2)cc1. The molecule has 0 unspecified atom stereocenters. The van der Waals surface area contributed by atoms with Gasteiger partial charge in [-0.2, -0.15) is 0 Å². The Labute approximate surface area is 162 Å². The first kappa shape index (κ1) is 22.1. The number of benzene rings is 2. The molecule has 0 atom stereocenters. The zero-order valence-corrected chi connectivity index (χ0v) is 17.8. The monoisotopic (exact) mass is 378 g/mol. The number of rotatable bonds is 8. The zero-order valence-electron chi connectivity index (χ0n) is 16.2. The first-order valence-corrected chi connectivity index (χ1v) is 10.2. The van der Waals surface area contributed by atoms with Crippen molar-refractivity contribution in [1.82, 2.24) is 0 Å². The van der Waals surface area contributed by atoms with Crippen molar-refractivity contribution < 1.29 is 8.37 Å². The van der Waals surface area contributed by atoms with Crippen molar-refractivity contribution in [1.29, 1.82) is 0 Å². The lowest BCUT2D eigenvalue weighted by Crippen LogP contribution is -2.23. The van der Waals surface area contributed by atoms with Crippen LogP contribution in [-0.4, -0.2) is 13.2 Å². The molecule has 4 heteroatoms. The van der Waals surface area contributed by atoms with Crippen LogP contribution in [0.15, 0.2) is 58.3 Å². The average molecular weight is 379 g/mol. The molecule has 0 N–H and O–H groups in total. The normalized spacial score (nSPS) is 11.0. The van der Waals surface area contributed by atoms with E-state index in [9.17, 15) is 0 Å². The molecular formula is C21H30O2S2. The van der Waals surface area contributed by atoms with Crippen molar-refractivity contribution in [2.45, 2.75) is 51.3 Å². The van der Waals surface area contributed by atoms with Crippen LogP contribution in [0.2, 0.25) is 0 Å². The van der Waals surface area contributed by atoms with Gasteiger partial charge in [-0.3, -0.25) is 0 Å². The third-order valence-corrected chi connectivity index (χ3v) is 4.65. The highest BCUT2D eigenvalue weighted by Crippen LogP contribution is 2.27. The molecule has 0 aliphatic carbocycles. The largest absolute Gasteiger partial charge is 0.310 e. The fraction of sp³-hybridized carbons (Fsp3) is 0.429. The van der Waals surface area contributed by atoms with E-state index < -0.39 is 0 Å². The standard InChI is InChI=1S/C19H24O2S2.C2H6/c1-15-5-9-17(10-6-15)22-20-13-19(3,4)14-21-23-18-11-7-16(2)8-12-18;1-2/h5-12H,13-14H2,1-4H3;1-2H3. The Kier molecular flexibility index (Phi) is 10.3. The van der Waals surface area contributed by atoms with Gasteiger partial charge in [0, 0.05) is 39.3 Å². The molecule has 0 aliphatic rings. The Bertz CT molecular complexity index is 539. The fourth-order valence-corrected chi connectivity index (χ4v) is 3.27. The molecule has 0 spiro atoms. The minimum Gasteiger partial charge on any atom is -0.310 e. The molecule has 2 nitrogen and oxygen atoms in total. The molecule has 0 amide bonds. The minimum absolute atomic E-state index is 0.0323. The molecule has 0 saturated heterocycles. The molecule has 0 radical (unpaired) electrons. The maximum Gasteiger partial charge on any atom is 0.0692 e. The van der Waals surface area contributed by atoms with Crippen LogP contribution >= 0.6 is 24.1 Å². The van der Waals surface area contributed by atoms with Crippen molar-refractivity contribution in [3.63, 3.8) is 0 Å². The van der Waals surface area contributed by atoms with E-state index in [2.05, 4.69) is 76.2 Å². The van der Waals surface area contributed by atoms with E-state index in [4.69, 9.17) is 8.37 Å². The first-order chi connectivity index (χ1) is 11.9. The lowest BCUT2D eigenvalue weighted by atomic mass is 9.97. The van der Waals surface area contributed by atoms with E-state index in [1.165, 1.54) is 35.2 Å². The summed E-state index contributed by atoms with van der Waals surface area (Å²) in [5, 5.41) is 0. The predicted molar refractivity (Wildman–Crippen MR) is 111 cm³/mol. The van der Waals surface area contributed by atoms with Gasteiger partial charge in [0.15, 0.2) is 0 Å². The van der Waals surface area contributed by atoms with Gasteiger partial charge in [0.25, 0.3) is 0 Å². The fourth-order valence-electron chi connectivity index (χ4n) is 1.74. The maximum absolute atomic E-state index is 5.77. The summed E-state index contributed by atoms with van der Waals surface area (Å²) in [7, 11) is 0. The Balaban J connectivity index is 0.00000151. The van der Waals surface area contributed by atoms with Gasteiger partial charge >= 0.3 is 0 Å². The summed E-state index contributed by atoms with van der Waals surface area (Å²) in [5.41, 5.74) is 2.49. The lowest BCUT2D eigenvalue weighted by molar-refractivity contribution is 0.137.